The van der Waals surface area contributed by atoms with Crippen LogP contribution >= 0.6 is 0 Å². The van der Waals surface area contributed by atoms with Crippen molar-refractivity contribution in [2.24, 2.45) is 0 Å². The van der Waals surface area contributed by atoms with Crippen molar-refractivity contribution < 1.29 is 14.3 Å². The molecule has 0 bridgehead atoms. The lowest BCUT2D eigenvalue weighted by Gasteiger charge is -2.39. The highest BCUT2D eigenvalue weighted by Crippen LogP contribution is 2.13. The molecule has 3 rings (SSSR count). The van der Waals surface area contributed by atoms with Gasteiger partial charge in [0.2, 0.25) is 11.8 Å². The number of carbonyl (C=O) groups is 2. The normalized spacial score (nSPS) is 19.8. The fourth-order valence-corrected chi connectivity index (χ4v) is 4.01. The van der Waals surface area contributed by atoms with Gasteiger partial charge < -0.3 is 14.5 Å². The van der Waals surface area contributed by atoms with Crippen LogP contribution in [0.25, 0.3) is 0 Å². The summed E-state index contributed by atoms with van der Waals surface area (Å²) in [6.07, 6.45) is 0. The fraction of sp³-hybridized carbons (Fsp3) is 0.636. The average molecular weight is 403 g/mol. The molecule has 1 aromatic carbocycles. The molecule has 0 N–H and O–H groups in total. The van der Waals surface area contributed by atoms with Gasteiger partial charge in [0.25, 0.3) is 0 Å². The summed E-state index contributed by atoms with van der Waals surface area (Å²) in [7, 11) is 1.87. The van der Waals surface area contributed by atoms with Crippen LogP contribution in [0.5, 0.6) is 0 Å². The molecule has 2 saturated heterocycles. The highest BCUT2D eigenvalue weighted by atomic mass is 16.5. The van der Waals surface area contributed by atoms with E-state index in [2.05, 4.69) is 28.9 Å². The van der Waals surface area contributed by atoms with Crippen molar-refractivity contribution in [1.29, 1.82) is 0 Å². The van der Waals surface area contributed by atoms with Crippen LogP contribution in [0, 0.1) is 6.92 Å². The van der Waals surface area contributed by atoms with Crippen LogP contribution in [-0.4, -0.2) is 104 Å². The summed E-state index contributed by atoms with van der Waals surface area (Å²) in [4.78, 5) is 33.6. The number of hydrogen-bond acceptors (Lipinski definition) is 5. The number of nitrogens with zero attached hydrogens (tertiary/aromatic N) is 4. The van der Waals surface area contributed by atoms with E-state index < -0.39 is 0 Å². The molecule has 1 unspecified atom stereocenters. The second kappa shape index (κ2) is 10.2. The molecule has 29 heavy (non-hydrogen) atoms. The van der Waals surface area contributed by atoms with Crippen molar-refractivity contribution in [3.05, 3.63) is 35.4 Å². The lowest BCUT2D eigenvalue weighted by molar-refractivity contribution is -0.139. The van der Waals surface area contributed by atoms with Gasteiger partial charge in [-0.05, 0) is 25.0 Å². The third kappa shape index (κ3) is 5.78. The van der Waals surface area contributed by atoms with Gasteiger partial charge in [-0.1, -0.05) is 24.3 Å². The van der Waals surface area contributed by atoms with Gasteiger partial charge in [0.1, 0.15) is 0 Å². The van der Waals surface area contributed by atoms with Crippen LogP contribution in [-0.2, 0) is 20.9 Å². The van der Waals surface area contributed by atoms with Crippen LogP contribution in [0.2, 0.25) is 0 Å². The first-order valence-corrected chi connectivity index (χ1v) is 10.6. The number of rotatable bonds is 6. The molecule has 2 aliphatic rings. The van der Waals surface area contributed by atoms with E-state index >= 15 is 0 Å². The second-order valence-electron chi connectivity index (χ2n) is 8.10. The summed E-state index contributed by atoms with van der Waals surface area (Å²) in [6, 6.07) is 7.99. The zero-order valence-electron chi connectivity index (χ0n) is 18.0. The molecule has 0 aromatic heterocycles. The number of amides is 2. The Hall–Kier alpha value is -1.96. The highest BCUT2D eigenvalue weighted by Gasteiger charge is 2.29. The van der Waals surface area contributed by atoms with E-state index in [0.29, 0.717) is 39.4 Å². The van der Waals surface area contributed by atoms with Crippen LogP contribution < -0.4 is 0 Å². The molecular weight excluding hydrogens is 368 g/mol. The topological polar surface area (TPSA) is 56.3 Å². The lowest BCUT2D eigenvalue weighted by atomic mass is 10.1. The van der Waals surface area contributed by atoms with Gasteiger partial charge >= 0.3 is 0 Å². The molecule has 2 aliphatic heterocycles. The average Bonchev–Trinajstić information content (AvgIpc) is 2.75. The van der Waals surface area contributed by atoms with E-state index in [1.54, 1.807) is 0 Å². The Morgan fingerprint density at radius 3 is 2.38 bits per heavy atom. The number of hydrogen-bond donors (Lipinski definition) is 0. The summed E-state index contributed by atoms with van der Waals surface area (Å²) < 4.78 is 5.34. The van der Waals surface area contributed by atoms with Gasteiger partial charge in [-0.15, -0.1) is 0 Å². The number of likely N-dealkylation sites (N-methyl/N-ethyl adjacent to an activating group) is 1. The van der Waals surface area contributed by atoms with Crippen molar-refractivity contribution in [1.82, 2.24) is 19.6 Å². The maximum absolute atomic E-state index is 12.9. The summed E-state index contributed by atoms with van der Waals surface area (Å²) in [5, 5.41) is 0. The molecule has 160 valence electrons. The Labute approximate surface area is 174 Å². The minimum absolute atomic E-state index is 0.126. The molecule has 2 fully saturated rings. The Kier molecular flexibility index (Phi) is 7.64. The Morgan fingerprint density at radius 1 is 1.07 bits per heavy atom. The molecule has 1 atom stereocenters. The van der Waals surface area contributed by atoms with E-state index in [9.17, 15) is 9.59 Å². The monoisotopic (exact) mass is 402 g/mol. The van der Waals surface area contributed by atoms with Crippen LogP contribution in [0.1, 0.15) is 18.1 Å². The molecule has 7 nitrogen and oxygen atoms in total. The van der Waals surface area contributed by atoms with Gasteiger partial charge in [-0.25, -0.2) is 0 Å². The largest absolute Gasteiger partial charge is 0.379 e. The minimum Gasteiger partial charge on any atom is -0.379 e. The van der Waals surface area contributed by atoms with E-state index in [1.807, 2.05) is 35.9 Å². The standard InChI is InChI=1S/C22H34N4O3/c1-18-6-4-5-7-20(18)16-23(3)22(28)19(2)25-8-10-26(11-9-25)21(27)17-24-12-14-29-15-13-24/h4-7,19H,8-17H2,1-3H3. The molecule has 2 heterocycles. The zero-order valence-corrected chi connectivity index (χ0v) is 18.0. The molecule has 0 saturated carbocycles. The van der Waals surface area contributed by atoms with Crippen molar-refractivity contribution in [2.75, 3.05) is 66.1 Å². The summed E-state index contributed by atoms with van der Waals surface area (Å²) in [6.45, 7) is 11.0. The third-order valence-electron chi connectivity index (χ3n) is 6.08. The molecule has 0 spiro atoms. The van der Waals surface area contributed by atoms with Gasteiger partial charge in [-0.3, -0.25) is 19.4 Å². The van der Waals surface area contributed by atoms with Crippen molar-refractivity contribution in [2.45, 2.75) is 26.4 Å². The van der Waals surface area contributed by atoms with Crippen LogP contribution in [0.4, 0.5) is 0 Å². The predicted octanol–water partition coefficient (Wildman–Crippen LogP) is 0.818. The van der Waals surface area contributed by atoms with E-state index in [0.717, 1.165) is 26.2 Å². The Balaban J connectivity index is 1.46. The zero-order chi connectivity index (χ0) is 20.8. The number of ether oxygens (including phenoxy) is 1. The van der Waals surface area contributed by atoms with Crippen molar-refractivity contribution >= 4 is 11.8 Å². The van der Waals surface area contributed by atoms with E-state index in [1.165, 1.54) is 11.1 Å². The lowest BCUT2D eigenvalue weighted by Crippen LogP contribution is -2.56. The number of benzene rings is 1. The summed E-state index contributed by atoms with van der Waals surface area (Å²) >= 11 is 0. The highest BCUT2D eigenvalue weighted by molar-refractivity contribution is 5.81. The van der Waals surface area contributed by atoms with E-state index in [4.69, 9.17) is 4.74 Å². The first kappa shape index (κ1) is 21.7. The minimum atomic E-state index is -0.180. The van der Waals surface area contributed by atoms with Crippen LogP contribution in [0.3, 0.4) is 0 Å². The fourth-order valence-electron chi connectivity index (χ4n) is 4.01. The Bertz CT molecular complexity index is 697. The SMILES string of the molecule is Cc1ccccc1CN(C)C(=O)C(C)N1CCN(C(=O)CN2CCOCC2)CC1. The molecule has 0 aliphatic carbocycles. The second-order valence-corrected chi connectivity index (χ2v) is 8.10. The quantitative estimate of drug-likeness (QED) is 0.705. The van der Waals surface area contributed by atoms with E-state index in [-0.39, 0.29) is 17.9 Å². The van der Waals surface area contributed by atoms with Crippen molar-refractivity contribution in [3.8, 4) is 0 Å². The first-order valence-electron chi connectivity index (χ1n) is 10.6. The van der Waals surface area contributed by atoms with Gasteiger partial charge in [0.15, 0.2) is 0 Å². The number of morpholine rings is 1. The maximum atomic E-state index is 12.9. The van der Waals surface area contributed by atoms with Crippen LogP contribution in [0.15, 0.2) is 24.3 Å². The number of aryl methyl sites for hydroxylation is 1. The number of carbonyl (C=O) groups excluding carboxylic acids is 2. The molecule has 1 aromatic rings. The summed E-state index contributed by atoms with van der Waals surface area (Å²) in [5.41, 5.74) is 2.38. The van der Waals surface area contributed by atoms with Crippen molar-refractivity contribution in [3.63, 3.8) is 0 Å². The number of piperazine rings is 1. The van der Waals surface area contributed by atoms with Gasteiger partial charge in [-0.2, -0.15) is 0 Å². The first-order chi connectivity index (χ1) is 14.0. The Morgan fingerprint density at radius 2 is 1.72 bits per heavy atom. The van der Waals surface area contributed by atoms with Gasteiger partial charge in [0.05, 0.1) is 25.8 Å². The summed E-state index contributed by atoms with van der Waals surface area (Å²) in [5.74, 6) is 0.309. The smallest absolute Gasteiger partial charge is 0.239 e. The molecular formula is C22H34N4O3. The maximum Gasteiger partial charge on any atom is 0.239 e. The molecule has 0 radical (unpaired) electrons. The molecule has 2 amide bonds. The third-order valence-corrected chi connectivity index (χ3v) is 6.08. The van der Waals surface area contributed by atoms with Gasteiger partial charge in [0, 0.05) is 52.9 Å². The predicted molar refractivity (Wildman–Crippen MR) is 113 cm³/mol. The molecule has 7 heteroatoms.